The van der Waals surface area contributed by atoms with Crippen molar-refractivity contribution in [1.82, 2.24) is 10.3 Å². The Morgan fingerprint density at radius 3 is 2.87 bits per heavy atom. The van der Waals surface area contributed by atoms with Crippen molar-refractivity contribution in [1.29, 1.82) is 0 Å². The molecular weight excluding hydrogens is 412 g/mol. The lowest BCUT2D eigenvalue weighted by Gasteiger charge is -2.39. The SMILES string of the molecule is Cc1cc2c(NC(=O)N[C@@H]3C[C@@](C)(C(F)F)Oc4cc(Cl)ccc43)cccc2cn1. The van der Waals surface area contributed by atoms with Crippen molar-refractivity contribution in [2.24, 2.45) is 0 Å². The number of benzene rings is 2. The summed E-state index contributed by atoms with van der Waals surface area (Å²) in [5.74, 6) is 0.244. The molecule has 3 aromatic rings. The van der Waals surface area contributed by atoms with Gasteiger partial charge in [0.1, 0.15) is 5.75 Å². The minimum atomic E-state index is -2.73. The maximum Gasteiger partial charge on any atom is 0.319 e. The van der Waals surface area contributed by atoms with Gasteiger partial charge < -0.3 is 15.4 Å². The summed E-state index contributed by atoms with van der Waals surface area (Å²) in [6.45, 7) is 3.19. The van der Waals surface area contributed by atoms with Crippen LogP contribution >= 0.6 is 11.6 Å². The first-order valence-corrected chi connectivity index (χ1v) is 9.82. The van der Waals surface area contributed by atoms with Crippen LogP contribution in [0.2, 0.25) is 5.02 Å². The van der Waals surface area contributed by atoms with Crippen LogP contribution in [0.4, 0.5) is 19.3 Å². The second kappa shape index (κ2) is 7.72. The molecule has 0 saturated carbocycles. The van der Waals surface area contributed by atoms with E-state index in [9.17, 15) is 13.6 Å². The second-order valence-electron chi connectivity index (χ2n) is 7.61. The molecule has 2 atom stereocenters. The highest BCUT2D eigenvalue weighted by atomic mass is 35.5. The highest BCUT2D eigenvalue weighted by Crippen LogP contribution is 2.43. The summed E-state index contributed by atoms with van der Waals surface area (Å²) in [4.78, 5) is 17.0. The van der Waals surface area contributed by atoms with E-state index in [0.29, 0.717) is 16.3 Å². The van der Waals surface area contributed by atoms with E-state index >= 15 is 0 Å². The van der Waals surface area contributed by atoms with Gasteiger partial charge in [-0.2, -0.15) is 0 Å². The largest absolute Gasteiger partial charge is 0.481 e. The molecule has 0 aliphatic carbocycles. The van der Waals surface area contributed by atoms with Crippen LogP contribution in [0.25, 0.3) is 10.8 Å². The van der Waals surface area contributed by atoms with E-state index in [1.165, 1.54) is 13.0 Å². The molecule has 0 saturated heterocycles. The molecule has 30 heavy (non-hydrogen) atoms. The number of amides is 2. The van der Waals surface area contributed by atoms with E-state index in [4.69, 9.17) is 16.3 Å². The van der Waals surface area contributed by atoms with Crippen molar-refractivity contribution < 1.29 is 18.3 Å². The van der Waals surface area contributed by atoms with Crippen LogP contribution < -0.4 is 15.4 Å². The molecule has 0 radical (unpaired) electrons. The number of halogens is 3. The fourth-order valence-electron chi connectivity index (χ4n) is 3.65. The number of nitrogens with zero attached hydrogens (tertiary/aromatic N) is 1. The molecular formula is C22H20ClF2N3O2. The summed E-state index contributed by atoms with van der Waals surface area (Å²) in [5, 5.41) is 7.74. The van der Waals surface area contributed by atoms with Crippen molar-refractivity contribution in [2.75, 3.05) is 5.32 Å². The Morgan fingerprint density at radius 1 is 1.30 bits per heavy atom. The molecule has 0 spiro atoms. The van der Waals surface area contributed by atoms with Gasteiger partial charge in [0.05, 0.1) is 11.7 Å². The lowest BCUT2D eigenvalue weighted by Crippen LogP contribution is -2.48. The van der Waals surface area contributed by atoms with Gasteiger partial charge in [0, 0.05) is 39.7 Å². The van der Waals surface area contributed by atoms with Crippen LogP contribution in [0.5, 0.6) is 5.75 Å². The zero-order chi connectivity index (χ0) is 21.5. The van der Waals surface area contributed by atoms with Gasteiger partial charge >= 0.3 is 6.03 Å². The van der Waals surface area contributed by atoms with Crippen LogP contribution in [-0.4, -0.2) is 23.0 Å². The highest BCUT2D eigenvalue weighted by molar-refractivity contribution is 6.30. The first kappa shape index (κ1) is 20.3. The first-order valence-electron chi connectivity index (χ1n) is 9.45. The van der Waals surface area contributed by atoms with Gasteiger partial charge in [0.25, 0.3) is 6.43 Å². The Balaban J connectivity index is 1.61. The standard InChI is InChI=1S/C22H20ClF2N3O2/c1-12-8-16-13(11-26-12)4-3-5-17(16)27-21(29)28-18-10-22(2,20(24)25)30-19-9-14(23)6-7-15(18)19/h3-9,11,18,20H,10H2,1-2H3,(H2,27,28,29)/t18-,22+/m1/s1. The van der Waals surface area contributed by atoms with E-state index in [2.05, 4.69) is 15.6 Å². The van der Waals surface area contributed by atoms with Gasteiger partial charge in [0.15, 0.2) is 5.60 Å². The van der Waals surface area contributed by atoms with Crippen molar-refractivity contribution in [3.63, 3.8) is 0 Å². The molecule has 2 aromatic carbocycles. The Bertz CT molecular complexity index is 1120. The summed E-state index contributed by atoms with van der Waals surface area (Å²) in [7, 11) is 0. The summed E-state index contributed by atoms with van der Waals surface area (Å²) < 4.78 is 32.9. The Kier molecular flexibility index (Phi) is 5.24. The third kappa shape index (κ3) is 3.89. The topological polar surface area (TPSA) is 63.2 Å². The van der Waals surface area contributed by atoms with Crippen LogP contribution in [-0.2, 0) is 0 Å². The molecule has 1 aliphatic rings. The number of hydrogen-bond donors (Lipinski definition) is 2. The number of carbonyl (C=O) groups excluding carboxylic acids is 1. The average molecular weight is 432 g/mol. The van der Waals surface area contributed by atoms with Gasteiger partial charge in [-0.1, -0.05) is 29.8 Å². The number of alkyl halides is 2. The number of nitrogens with one attached hydrogen (secondary N) is 2. The van der Waals surface area contributed by atoms with Gasteiger partial charge in [0.2, 0.25) is 0 Å². The van der Waals surface area contributed by atoms with Crippen molar-refractivity contribution >= 4 is 34.1 Å². The molecule has 2 heterocycles. The third-order valence-electron chi connectivity index (χ3n) is 5.22. The average Bonchev–Trinajstić information content (AvgIpc) is 2.68. The summed E-state index contributed by atoms with van der Waals surface area (Å²) in [6, 6.07) is 11.0. The number of fused-ring (bicyclic) bond motifs is 2. The molecule has 2 amide bonds. The van der Waals surface area contributed by atoms with E-state index < -0.39 is 24.1 Å². The lowest BCUT2D eigenvalue weighted by atomic mass is 9.88. The number of hydrogen-bond acceptors (Lipinski definition) is 3. The first-order chi connectivity index (χ1) is 14.2. The van der Waals surface area contributed by atoms with Crippen LogP contribution in [0.1, 0.15) is 30.6 Å². The summed E-state index contributed by atoms with van der Waals surface area (Å²) >= 11 is 6.01. The number of carbonyl (C=O) groups is 1. The molecule has 1 aromatic heterocycles. The van der Waals surface area contributed by atoms with Gasteiger partial charge in [-0.25, -0.2) is 13.6 Å². The minimum absolute atomic E-state index is 0.0781. The van der Waals surface area contributed by atoms with E-state index in [-0.39, 0.29) is 12.2 Å². The Labute approximate surface area is 177 Å². The smallest absolute Gasteiger partial charge is 0.319 e. The normalized spacial score (nSPS) is 20.5. The van der Waals surface area contributed by atoms with E-state index in [1.54, 1.807) is 24.4 Å². The molecule has 156 valence electrons. The predicted molar refractivity (Wildman–Crippen MR) is 112 cm³/mol. The molecule has 0 fully saturated rings. The monoisotopic (exact) mass is 431 g/mol. The number of pyridine rings is 1. The fourth-order valence-corrected chi connectivity index (χ4v) is 3.82. The number of urea groups is 1. The van der Waals surface area contributed by atoms with Gasteiger partial charge in [-0.3, -0.25) is 4.98 Å². The van der Waals surface area contributed by atoms with Crippen molar-refractivity contribution in [2.45, 2.75) is 38.3 Å². The zero-order valence-corrected chi connectivity index (χ0v) is 17.1. The zero-order valence-electron chi connectivity index (χ0n) is 16.4. The molecule has 1 aliphatic heterocycles. The number of aryl methyl sites for hydroxylation is 1. The Hall–Kier alpha value is -2.93. The van der Waals surface area contributed by atoms with Crippen LogP contribution in [0.3, 0.4) is 0 Å². The van der Waals surface area contributed by atoms with Crippen molar-refractivity contribution in [3.8, 4) is 5.75 Å². The lowest BCUT2D eigenvalue weighted by molar-refractivity contribution is -0.0824. The van der Waals surface area contributed by atoms with Crippen LogP contribution in [0, 0.1) is 6.92 Å². The Morgan fingerprint density at radius 2 is 2.10 bits per heavy atom. The minimum Gasteiger partial charge on any atom is -0.481 e. The van der Waals surface area contributed by atoms with Gasteiger partial charge in [-0.05, 0) is 38.1 Å². The predicted octanol–water partition coefficient (Wildman–Crippen LogP) is 5.87. The molecule has 8 heteroatoms. The second-order valence-corrected chi connectivity index (χ2v) is 8.04. The summed E-state index contributed by atoms with van der Waals surface area (Å²) in [6.07, 6.45) is -1.07. The molecule has 0 bridgehead atoms. The third-order valence-corrected chi connectivity index (χ3v) is 5.45. The number of ether oxygens (including phenoxy) is 1. The fraction of sp³-hybridized carbons (Fsp3) is 0.273. The van der Waals surface area contributed by atoms with E-state index in [0.717, 1.165) is 16.5 Å². The number of aromatic nitrogens is 1. The van der Waals surface area contributed by atoms with E-state index in [1.807, 2.05) is 25.1 Å². The van der Waals surface area contributed by atoms with Crippen LogP contribution in [0.15, 0.2) is 48.7 Å². The number of rotatable bonds is 3. The molecule has 4 rings (SSSR count). The van der Waals surface area contributed by atoms with Gasteiger partial charge in [-0.15, -0.1) is 0 Å². The highest BCUT2D eigenvalue weighted by Gasteiger charge is 2.45. The maximum atomic E-state index is 13.7. The number of anilines is 1. The van der Waals surface area contributed by atoms with Crippen molar-refractivity contribution in [3.05, 3.63) is 64.9 Å². The summed E-state index contributed by atoms with van der Waals surface area (Å²) in [5.41, 5.74) is 0.291. The molecule has 0 unspecified atom stereocenters. The quantitative estimate of drug-likeness (QED) is 0.545. The maximum absolute atomic E-state index is 13.7. The molecule has 2 N–H and O–H groups in total. The molecule has 5 nitrogen and oxygen atoms in total.